The minimum Gasteiger partial charge on any atom is -0.453 e. The van der Waals surface area contributed by atoms with E-state index in [0.29, 0.717) is 0 Å². The van der Waals surface area contributed by atoms with Crippen molar-refractivity contribution in [3.05, 3.63) is 146 Å². The number of nitrogens with zero attached hydrogens (tertiary/aromatic N) is 2. The van der Waals surface area contributed by atoms with E-state index >= 15 is 0 Å². The Bertz CT molecular complexity index is 1800. The SMILES string of the molecule is c1ccc(-c2ccc3c(c2)N2c4ccccc4Oc4cc(N(c5ccccc5)c5ccccc5)cc(c42)O3)cc1. The fourth-order valence-corrected chi connectivity index (χ4v) is 5.60. The quantitative estimate of drug-likeness (QED) is 0.232. The molecule has 2 heterocycles. The van der Waals surface area contributed by atoms with Crippen LogP contribution in [0.1, 0.15) is 0 Å². The Hall–Kier alpha value is -5.48. The average Bonchev–Trinajstić information content (AvgIpc) is 3.02. The van der Waals surface area contributed by atoms with E-state index in [9.17, 15) is 0 Å². The number of hydrogen-bond donors (Lipinski definition) is 0. The molecule has 4 heteroatoms. The van der Waals surface area contributed by atoms with Crippen LogP contribution in [0.3, 0.4) is 0 Å². The van der Waals surface area contributed by atoms with Crippen LogP contribution < -0.4 is 19.3 Å². The van der Waals surface area contributed by atoms with Crippen LogP contribution in [-0.4, -0.2) is 0 Å². The van der Waals surface area contributed by atoms with E-state index in [4.69, 9.17) is 9.47 Å². The smallest absolute Gasteiger partial charge is 0.157 e. The molecule has 6 aromatic rings. The first kappa shape index (κ1) is 22.5. The number of rotatable bonds is 4. The fraction of sp³-hybridized carbons (Fsp3) is 0. The van der Waals surface area contributed by atoms with Crippen LogP contribution in [0.25, 0.3) is 11.1 Å². The van der Waals surface area contributed by atoms with Gasteiger partial charge >= 0.3 is 0 Å². The van der Waals surface area contributed by atoms with Gasteiger partial charge in [0, 0.05) is 23.5 Å². The summed E-state index contributed by atoms with van der Waals surface area (Å²) in [5.41, 5.74) is 8.23. The molecule has 0 N–H and O–H groups in total. The van der Waals surface area contributed by atoms with Gasteiger partial charge in [0.15, 0.2) is 23.0 Å². The highest BCUT2D eigenvalue weighted by Crippen LogP contribution is 2.61. The van der Waals surface area contributed by atoms with Gasteiger partial charge in [-0.1, -0.05) is 84.9 Å². The van der Waals surface area contributed by atoms with Crippen molar-refractivity contribution in [3.63, 3.8) is 0 Å². The maximum absolute atomic E-state index is 6.64. The summed E-state index contributed by atoms with van der Waals surface area (Å²) in [5, 5.41) is 0. The number of anilines is 6. The van der Waals surface area contributed by atoms with Crippen molar-refractivity contribution in [2.45, 2.75) is 0 Å². The summed E-state index contributed by atoms with van der Waals surface area (Å²) in [6, 6.07) is 49.9. The Labute approximate surface area is 232 Å². The van der Waals surface area contributed by atoms with Gasteiger partial charge in [-0.25, -0.2) is 0 Å². The third-order valence-corrected chi connectivity index (χ3v) is 7.39. The minimum atomic E-state index is 0.749. The van der Waals surface area contributed by atoms with E-state index in [2.05, 4.69) is 119 Å². The molecule has 2 aliphatic heterocycles. The highest BCUT2D eigenvalue weighted by atomic mass is 16.5. The molecular formula is C36H24N2O2. The van der Waals surface area contributed by atoms with E-state index < -0.39 is 0 Å². The topological polar surface area (TPSA) is 24.9 Å². The first-order chi connectivity index (χ1) is 19.8. The van der Waals surface area contributed by atoms with Gasteiger partial charge in [0.2, 0.25) is 0 Å². The molecule has 0 saturated carbocycles. The van der Waals surface area contributed by atoms with E-state index in [-0.39, 0.29) is 0 Å². The molecule has 6 aromatic carbocycles. The van der Waals surface area contributed by atoms with Crippen LogP contribution in [0.5, 0.6) is 23.0 Å². The zero-order valence-corrected chi connectivity index (χ0v) is 21.6. The van der Waals surface area contributed by atoms with Crippen molar-refractivity contribution in [2.75, 3.05) is 9.80 Å². The predicted octanol–water partition coefficient (Wildman–Crippen LogP) is 10.5. The molecule has 0 unspecified atom stereocenters. The van der Waals surface area contributed by atoms with Gasteiger partial charge in [0.05, 0.1) is 17.1 Å². The number of fused-ring (bicyclic) bond motifs is 4. The molecule has 0 radical (unpaired) electrons. The zero-order chi connectivity index (χ0) is 26.5. The lowest BCUT2D eigenvalue weighted by atomic mass is 10.0. The monoisotopic (exact) mass is 516 g/mol. The molecule has 2 aliphatic rings. The van der Waals surface area contributed by atoms with Crippen molar-refractivity contribution in [3.8, 4) is 34.1 Å². The van der Waals surface area contributed by atoms with Gasteiger partial charge in [-0.15, -0.1) is 0 Å². The van der Waals surface area contributed by atoms with Gasteiger partial charge < -0.3 is 14.4 Å². The second-order valence-electron chi connectivity index (χ2n) is 9.85. The second kappa shape index (κ2) is 9.07. The lowest BCUT2D eigenvalue weighted by Crippen LogP contribution is -2.21. The van der Waals surface area contributed by atoms with Gasteiger partial charge in [-0.2, -0.15) is 0 Å². The molecule has 0 aliphatic carbocycles. The highest BCUT2D eigenvalue weighted by molar-refractivity contribution is 5.96. The van der Waals surface area contributed by atoms with Crippen LogP contribution in [0.4, 0.5) is 34.1 Å². The number of para-hydroxylation sites is 4. The van der Waals surface area contributed by atoms with Crippen molar-refractivity contribution in [1.29, 1.82) is 0 Å². The van der Waals surface area contributed by atoms with Crippen molar-refractivity contribution in [1.82, 2.24) is 0 Å². The average molecular weight is 517 g/mol. The summed E-state index contributed by atoms with van der Waals surface area (Å²) in [6.07, 6.45) is 0. The van der Waals surface area contributed by atoms with Crippen LogP contribution in [-0.2, 0) is 0 Å². The fourth-order valence-electron chi connectivity index (χ4n) is 5.60. The molecule has 0 spiro atoms. The standard InChI is InChI=1S/C36H24N2O2/c1-4-12-25(13-5-1)26-20-21-33-31(22-26)38-30-18-10-11-19-32(30)39-34-23-29(24-35(40-33)36(34)38)37(27-14-6-2-7-15-27)28-16-8-3-9-17-28/h1-24H. The molecular weight excluding hydrogens is 492 g/mol. The van der Waals surface area contributed by atoms with E-state index in [1.807, 2.05) is 36.4 Å². The van der Waals surface area contributed by atoms with E-state index in [1.54, 1.807) is 0 Å². The van der Waals surface area contributed by atoms with Crippen LogP contribution in [0.2, 0.25) is 0 Å². The molecule has 0 saturated heterocycles. The number of benzene rings is 6. The van der Waals surface area contributed by atoms with Crippen molar-refractivity contribution >= 4 is 34.1 Å². The molecule has 0 atom stereocenters. The Kier molecular flexibility index (Phi) is 5.10. The third-order valence-electron chi connectivity index (χ3n) is 7.39. The maximum atomic E-state index is 6.64. The Morgan fingerprint density at radius 1 is 0.400 bits per heavy atom. The summed E-state index contributed by atoms with van der Waals surface area (Å²) in [4.78, 5) is 4.50. The molecule has 0 aromatic heterocycles. The lowest BCUT2D eigenvalue weighted by Gasteiger charge is -2.39. The minimum absolute atomic E-state index is 0.749. The maximum Gasteiger partial charge on any atom is 0.157 e. The first-order valence-corrected chi connectivity index (χ1v) is 13.4. The second-order valence-corrected chi connectivity index (χ2v) is 9.85. The van der Waals surface area contributed by atoms with Gasteiger partial charge in [0.25, 0.3) is 0 Å². The summed E-state index contributed by atoms with van der Waals surface area (Å²) in [7, 11) is 0. The number of ether oxygens (including phenoxy) is 2. The third kappa shape index (κ3) is 3.62. The van der Waals surface area contributed by atoms with Crippen molar-refractivity contribution < 1.29 is 9.47 Å². The summed E-state index contributed by atoms with van der Waals surface area (Å²) < 4.78 is 13.2. The largest absolute Gasteiger partial charge is 0.453 e. The van der Waals surface area contributed by atoms with Crippen LogP contribution in [0.15, 0.2) is 146 Å². The zero-order valence-electron chi connectivity index (χ0n) is 21.6. The van der Waals surface area contributed by atoms with Crippen LogP contribution in [0, 0.1) is 0 Å². The van der Waals surface area contributed by atoms with E-state index in [0.717, 1.165) is 68.2 Å². The Balaban J connectivity index is 1.33. The van der Waals surface area contributed by atoms with Crippen molar-refractivity contribution in [2.24, 2.45) is 0 Å². The van der Waals surface area contributed by atoms with Gasteiger partial charge in [0.1, 0.15) is 5.69 Å². The summed E-state index contributed by atoms with van der Waals surface area (Å²) in [5.74, 6) is 3.11. The molecule has 190 valence electrons. The van der Waals surface area contributed by atoms with Crippen LogP contribution >= 0.6 is 0 Å². The lowest BCUT2D eigenvalue weighted by molar-refractivity contribution is 0.446. The van der Waals surface area contributed by atoms with E-state index in [1.165, 1.54) is 0 Å². The first-order valence-electron chi connectivity index (χ1n) is 13.4. The normalized spacial score (nSPS) is 12.3. The summed E-state index contributed by atoms with van der Waals surface area (Å²) in [6.45, 7) is 0. The molecule has 0 amide bonds. The molecule has 8 rings (SSSR count). The highest BCUT2D eigenvalue weighted by Gasteiger charge is 2.36. The molecule has 40 heavy (non-hydrogen) atoms. The molecule has 0 bridgehead atoms. The number of hydrogen-bond acceptors (Lipinski definition) is 4. The Morgan fingerprint density at radius 3 is 1.60 bits per heavy atom. The molecule has 4 nitrogen and oxygen atoms in total. The molecule has 0 fully saturated rings. The predicted molar refractivity (Wildman–Crippen MR) is 161 cm³/mol. The summed E-state index contributed by atoms with van der Waals surface area (Å²) >= 11 is 0. The Morgan fingerprint density at radius 2 is 0.950 bits per heavy atom. The van der Waals surface area contributed by atoms with Gasteiger partial charge in [-0.3, -0.25) is 4.90 Å². The van der Waals surface area contributed by atoms with Gasteiger partial charge in [-0.05, 0) is 59.7 Å².